The molecule has 1 N–H and O–H groups in total. The minimum atomic E-state index is -0.155. The molecule has 176 valence electrons. The molecule has 0 spiro atoms. The van der Waals surface area contributed by atoms with E-state index in [0.717, 1.165) is 16.8 Å². The molecule has 0 aliphatic carbocycles. The highest BCUT2D eigenvalue weighted by atomic mass is 32.2. The van der Waals surface area contributed by atoms with Gasteiger partial charge in [0.25, 0.3) is 5.56 Å². The Balaban J connectivity index is 1.62. The molecular formula is C27H29N3O3S. The first kappa shape index (κ1) is 23.8. The number of nitrogens with zero attached hydrogens (tertiary/aromatic N) is 2. The van der Waals surface area contributed by atoms with Crippen molar-refractivity contribution in [2.24, 2.45) is 0 Å². The minimum absolute atomic E-state index is 0.132. The van der Waals surface area contributed by atoms with E-state index in [-0.39, 0.29) is 35.6 Å². The highest BCUT2D eigenvalue weighted by Gasteiger charge is 2.18. The second kappa shape index (κ2) is 10.3. The van der Waals surface area contributed by atoms with Gasteiger partial charge in [-0.05, 0) is 47.2 Å². The Morgan fingerprint density at radius 1 is 1.00 bits per heavy atom. The number of para-hydroxylation sites is 2. The quantitative estimate of drug-likeness (QED) is 0.249. The molecule has 0 aliphatic rings. The molecule has 0 fully saturated rings. The van der Waals surface area contributed by atoms with E-state index in [1.165, 1.54) is 11.8 Å². The lowest BCUT2D eigenvalue weighted by molar-refractivity contribution is -0.113. The predicted octanol–water partition coefficient (Wildman–Crippen LogP) is 6.02. The normalized spacial score (nSPS) is 11.5. The standard InChI is InChI=1S/C27H29N3O3S/c1-17(2)20-11-7-12-21(18(3)4)25(20)29-24(31)16-34-27-28-23-13-6-5-10-22(23)26(32)30(27)15-19-9-8-14-33-19/h5-14,17-18H,15-16H2,1-4H3,(H,29,31). The van der Waals surface area contributed by atoms with Gasteiger partial charge in [-0.1, -0.05) is 69.8 Å². The zero-order valence-electron chi connectivity index (χ0n) is 19.9. The lowest BCUT2D eigenvalue weighted by atomic mass is 9.92. The van der Waals surface area contributed by atoms with E-state index < -0.39 is 0 Å². The number of aromatic nitrogens is 2. The maximum absolute atomic E-state index is 13.2. The van der Waals surface area contributed by atoms with Crippen molar-refractivity contribution >= 4 is 34.3 Å². The van der Waals surface area contributed by atoms with Crippen LogP contribution in [0.4, 0.5) is 5.69 Å². The van der Waals surface area contributed by atoms with E-state index in [4.69, 9.17) is 9.40 Å². The molecule has 0 aliphatic heterocycles. The smallest absolute Gasteiger partial charge is 0.262 e. The van der Waals surface area contributed by atoms with Gasteiger partial charge in [-0.3, -0.25) is 14.2 Å². The number of fused-ring (bicyclic) bond motifs is 1. The average molecular weight is 476 g/mol. The molecule has 1 amide bonds. The number of benzene rings is 2. The number of rotatable bonds is 8. The van der Waals surface area contributed by atoms with Crippen molar-refractivity contribution < 1.29 is 9.21 Å². The zero-order valence-corrected chi connectivity index (χ0v) is 20.7. The highest BCUT2D eigenvalue weighted by Crippen LogP contribution is 2.32. The van der Waals surface area contributed by atoms with Crippen molar-refractivity contribution in [3.8, 4) is 0 Å². The topological polar surface area (TPSA) is 77.1 Å². The summed E-state index contributed by atoms with van der Waals surface area (Å²) in [5.74, 6) is 1.21. The Labute approximate surface area is 203 Å². The van der Waals surface area contributed by atoms with E-state index >= 15 is 0 Å². The van der Waals surface area contributed by atoms with Gasteiger partial charge in [0.1, 0.15) is 5.76 Å². The van der Waals surface area contributed by atoms with Crippen molar-refractivity contribution in [2.75, 3.05) is 11.1 Å². The van der Waals surface area contributed by atoms with Gasteiger partial charge in [0.2, 0.25) is 5.91 Å². The fourth-order valence-corrected chi connectivity index (χ4v) is 4.76. The summed E-state index contributed by atoms with van der Waals surface area (Å²) in [5, 5.41) is 4.16. The molecule has 0 atom stereocenters. The largest absolute Gasteiger partial charge is 0.467 e. The Morgan fingerprint density at radius 3 is 2.35 bits per heavy atom. The van der Waals surface area contributed by atoms with Gasteiger partial charge in [-0.15, -0.1) is 0 Å². The first-order chi connectivity index (χ1) is 16.3. The van der Waals surface area contributed by atoms with Crippen LogP contribution in [-0.4, -0.2) is 21.2 Å². The number of nitrogens with one attached hydrogen (secondary N) is 1. The zero-order chi connectivity index (χ0) is 24.2. The number of amides is 1. The van der Waals surface area contributed by atoms with E-state index in [2.05, 4.69) is 45.1 Å². The van der Waals surface area contributed by atoms with Gasteiger partial charge < -0.3 is 9.73 Å². The molecule has 6 nitrogen and oxygen atoms in total. The third kappa shape index (κ3) is 5.09. The first-order valence-corrected chi connectivity index (χ1v) is 12.4. The number of carbonyl (C=O) groups is 1. The van der Waals surface area contributed by atoms with Gasteiger partial charge in [0.05, 0.1) is 29.5 Å². The van der Waals surface area contributed by atoms with Crippen LogP contribution in [0.5, 0.6) is 0 Å². The monoisotopic (exact) mass is 475 g/mol. The predicted molar refractivity (Wildman–Crippen MR) is 138 cm³/mol. The van der Waals surface area contributed by atoms with Crippen molar-refractivity contribution in [2.45, 2.75) is 51.2 Å². The van der Waals surface area contributed by atoms with E-state index in [0.29, 0.717) is 21.8 Å². The summed E-state index contributed by atoms with van der Waals surface area (Å²) in [6, 6.07) is 17.0. The minimum Gasteiger partial charge on any atom is -0.467 e. The summed E-state index contributed by atoms with van der Waals surface area (Å²) in [6.07, 6.45) is 1.58. The highest BCUT2D eigenvalue weighted by molar-refractivity contribution is 7.99. The third-order valence-corrected chi connectivity index (χ3v) is 6.67. The van der Waals surface area contributed by atoms with E-state index in [1.807, 2.05) is 30.3 Å². The summed E-state index contributed by atoms with van der Waals surface area (Å²) in [4.78, 5) is 31.0. The lowest BCUT2D eigenvalue weighted by Crippen LogP contribution is -2.25. The molecule has 34 heavy (non-hydrogen) atoms. The van der Waals surface area contributed by atoms with Crippen LogP contribution in [0, 0.1) is 0 Å². The number of thioether (sulfide) groups is 1. The second-order valence-electron chi connectivity index (χ2n) is 8.84. The van der Waals surface area contributed by atoms with Gasteiger partial charge >= 0.3 is 0 Å². The average Bonchev–Trinajstić information content (AvgIpc) is 3.33. The molecule has 2 heterocycles. The summed E-state index contributed by atoms with van der Waals surface area (Å²) < 4.78 is 7.03. The molecule has 0 saturated heterocycles. The Morgan fingerprint density at radius 2 is 1.71 bits per heavy atom. The van der Waals surface area contributed by atoms with Crippen LogP contribution >= 0.6 is 11.8 Å². The SMILES string of the molecule is CC(C)c1cccc(C(C)C)c1NC(=O)CSc1nc2ccccc2c(=O)n1Cc1ccco1. The van der Waals surface area contributed by atoms with Crippen LogP contribution in [0.3, 0.4) is 0 Å². The molecule has 0 unspecified atom stereocenters. The second-order valence-corrected chi connectivity index (χ2v) is 9.78. The number of furan rings is 1. The maximum atomic E-state index is 13.2. The van der Waals surface area contributed by atoms with Crippen molar-refractivity contribution in [3.63, 3.8) is 0 Å². The van der Waals surface area contributed by atoms with Gasteiger partial charge in [-0.25, -0.2) is 4.98 Å². The van der Waals surface area contributed by atoms with Gasteiger partial charge in [0.15, 0.2) is 5.16 Å². The molecule has 0 bridgehead atoms. The van der Waals surface area contributed by atoms with Crippen LogP contribution in [0.2, 0.25) is 0 Å². The number of hydrogen-bond donors (Lipinski definition) is 1. The molecule has 2 aromatic heterocycles. The van der Waals surface area contributed by atoms with Crippen LogP contribution in [0.15, 0.2) is 75.2 Å². The fourth-order valence-electron chi connectivity index (χ4n) is 3.96. The summed E-state index contributed by atoms with van der Waals surface area (Å²) in [6.45, 7) is 8.74. The third-order valence-electron chi connectivity index (χ3n) is 5.69. The Hall–Kier alpha value is -3.32. The van der Waals surface area contributed by atoms with Gasteiger partial charge in [-0.2, -0.15) is 0 Å². The molecule has 4 aromatic rings. The molecule has 2 aromatic carbocycles. The van der Waals surface area contributed by atoms with Crippen LogP contribution < -0.4 is 10.9 Å². The molecule has 0 radical (unpaired) electrons. The Bertz CT molecular complexity index is 1330. The van der Waals surface area contributed by atoms with E-state index in [9.17, 15) is 9.59 Å². The maximum Gasteiger partial charge on any atom is 0.262 e. The van der Waals surface area contributed by atoms with Crippen molar-refractivity contribution in [1.82, 2.24) is 9.55 Å². The van der Waals surface area contributed by atoms with Crippen LogP contribution in [-0.2, 0) is 11.3 Å². The lowest BCUT2D eigenvalue weighted by Gasteiger charge is -2.20. The first-order valence-electron chi connectivity index (χ1n) is 11.4. The van der Waals surface area contributed by atoms with Crippen LogP contribution in [0.25, 0.3) is 10.9 Å². The summed E-state index contributed by atoms with van der Waals surface area (Å²) in [7, 11) is 0. The number of carbonyl (C=O) groups excluding carboxylic acids is 1. The summed E-state index contributed by atoms with van der Waals surface area (Å²) in [5.41, 5.74) is 3.57. The number of anilines is 1. The van der Waals surface area contributed by atoms with E-state index in [1.54, 1.807) is 23.0 Å². The molecule has 0 saturated carbocycles. The van der Waals surface area contributed by atoms with Crippen LogP contribution in [0.1, 0.15) is 56.4 Å². The molecule has 4 rings (SSSR count). The van der Waals surface area contributed by atoms with Crippen molar-refractivity contribution in [1.29, 1.82) is 0 Å². The Kier molecular flexibility index (Phi) is 7.22. The summed E-state index contributed by atoms with van der Waals surface area (Å²) >= 11 is 1.25. The molecular weight excluding hydrogens is 446 g/mol. The van der Waals surface area contributed by atoms with Gasteiger partial charge in [0, 0.05) is 5.69 Å². The fraction of sp³-hybridized carbons (Fsp3) is 0.296. The molecule has 7 heteroatoms. The van der Waals surface area contributed by atoms with Crippen molar-refractivity contribution in [3.05, 3.63) is 88.1 Å². The number of hydrogen-bond acceptors (Lipinski definition) is 5.